The summed E-state index contributed by atoms with van der Waals surface area (Å²) in [5.41, 5.74) is 3.20. The fraction of sp³-hybridized carbons (Fsp3) is 0.208. The standard InChI is InChI=1S/C24H21F3N2OS/c1-15(2)21-22(29-14-4-5-20(23(29)28-21)24(25,26)27)18-8-6-16(7-9-18)17-10-12-19(13-11-17)31(3)30/h4-15H,1-3H3. The van der Waals surface area contributed by atoms with Crippen molar-refractivity contribution in [3.63, 3.8) is 0 Å². The van der Waals surface area contributed by atoms with Crippen LogP contribution in [0.5, 0.6) is 0 Å². The molecule has 160 valence electrons. The number of fused-ring (bicyclic) bond motifs is 1. The van der Waals surface area contributed by atoms with Crippen LogP contribution in [0.3, 0.4) is 0 Å². The number of hydrogen-bond acceptors (Lipinski definition) is 2. The summed E-state index contributed by atoms with van der Waals surface area (Å²) in [7, 11) is -1.04. The van der Waals surface area contributed by atoms with E-state index in [1.165, 1.54) is 10.5 Å². The number of hydrogen-bond donors (Lipinski definition) is 0. The third-order valence-corrected chi connectivity index (χ3v) is 6.14. The Morgan fingerprint density at radius 1 is 0.903 bits per heavy atom. The molecule has 2 heterocycles. The summed E-state index contributed by atoms with van der Waals surface area (Å²) in [6.07, 6.45) is -1.22. The van der Waals surface area contributed by atoms with Crippen molar-refractivity contribution in [3.05, 3.63) is 78.1 Å². The number of halogens is 3. The van der Waals surface area contributed by atoms with Crippen molar-refractivity contribution >= 4 is 16.4 Å². The average Bonchev–Trinajstić information content (AvgIpc) is 3.13. The van der Waals surface area contributed by atoms with Gasteiger partial charge in [0.2, 0.25) is 0 Å². The molecule has 0 saturated carbocycles. The average molecular weight is 443 g/mol. The Morgan fingerprint density at radius 2 is 1.45 bits per heavy atom. The first-order valence-corrected chi connectivity index (χ1v) is 11.3. The lowest BCUT2D eigenvalue weighted by Gasteiger charge is -2.10. The molecule has 1 atom stereocenters. The van der Waals surface area contributed by atoms with Gasteiger partial charge in [-0.15, -0.1) is 0 Å². The Balaban J connectivity index is 1.81. The molecular formula is C24H21F3N2OS. The summed E-state index contributed by atoms with van der Waals surface area (Å²) in [6, 6.07) is 17.6. The molecule has 0 radical (unpaired) electrons. The number of pyridine rings is 1. The van der Waals surface area contributed by atoms with Crippen LogP contribution in [-0.4, -0.2) is 19.8 Å². The van der Waals surface area contributed by atoms with Crippen LogP contribution in [0, 0.1) is 0 Å². The van der Waals surface area contributed by atoms with Crippen molar-refractivity contribution in [3.8, 4) is 22.4 Å². The van der Waals surface area contributed by atoms with E-state index in [0.29, 0.717) is 11.4 Å². The topological polar surface area (TPSA) is 34.4 Å². The van der Waals surface area contributed by atoms with Gasteiger partial charge in [-0.25, -0.2) is 4.98 Å². The summed E-state index contributed by atoms with van der Waals surface area (Å²) >= 11 is 0. The maximum atomic E-state index is 13.5. The summed E-state index contributed by atoms with van der Waals surface area (Å²) in [5, 5.41) is 0. The molecule has 3 nitrogen and oxygen atoms in total. The van der Waals surface area contributed by atoms with Gasteiger partial charge in [0.15, 0.2) is 0 Å². The SMILES string of the molecule is CC(C)c1nc2c(C(F)(F)F)cccn2c1-c1ccc(-c2ccc(S(C)=O)cc2)cc1. The highest BCUT2D eigenvalue weighted by molar-refractivity contribution is 7.84. The van der Waals surface area contributed by atoms with E-state index in [1.807, 2.05) is 62.4 Å². The summed E-state index contributed by atoms with van der Waals surface area (Å²) < 4.78 is 53.6. The molecule has 0 fully saturated rings. The highest BCUT2D eigenvalue weighted by Crippen LogP contribution is 2.37. The van der Waals surface area contributed by atoms with Crippen molar-refractivity contribution in [1.82, 2.24) is 9.38 Å². The number of rotatable bonds is 4. The van der Waals surface area contributed by atoms with E-state index in [0.717, 1.165) is 27.7 Å². The lowest BCUT2D eigenvalue weighted by molar-refractivity contribution is -0.136. The monoisotopic (exact) mass is 442 g/mol. The molecule has 0 saturated heterocycles. The van der Waals surface area contributed by atoms with Gasteiger partial charge in [0.05, 0.1) is 17.0 Å². The normalized spacial score (nSPS) is 13.1. The molecule has 7 heteroatoms. The van der Waals surface area contributed by atoms with E-state index >= 15 is 0 Å². The fourth-order valence-electron chi connectivity index (χ4n) is 3.66. The van der Waals surface area contributed by atoms with E-state index in [9.17, 15) is 17.4 Å². The van der Waals surface area contributed by atoms with Gasteiger partial charge >= 0.3 is 6.18 Å². The van der Waals surface area contributed by atoms with Gasteiger partial charge in [-0.05, 0) is 41.3 Å². The minimum atomic E-state index is -4.47. The summed E-state index contributed by atoms with van der Waals surface area (Å²) in [6.45, 7) is 3.85. The van der Waals surface area contributed by atoms with Crippen LogP contribution < -0.4 is 0 Å². The Hall–Kier alpha value is -2.93. The van der Waals surface area contributed by atoms with Gasteiger partial charge < -0.3 is 0 Å². The Morgan fingerprint density at radius 3 is 1.97 bits per heavy atom. The molecule has 2 aromatic heterocycles. The molecule has 4 rings (SSSR count). The van der Waals surface area contributed by atoms with E-state index in [1.54, 1.807) is 12.5 Å². The minimum Gasteiger partial charge on any atom is -0.299 e. The number of nitrogens with zero attached hydrogens (tertiary/aromatic N) is 2. The van der Waals surface area contributed by atoms with Crippen molar-refractivity contribution in [2.24, 2.45) is 0 Å². The van der Waals surface area contributed by atoms with Crippen molar-refractivity contribution < 1.29 is 17.4 Å². The second kappa shape index (κ2) is 7.96. The number of benzene rings is 2. The molecule has 0 aliphatic rings. The van der Waals surface area contributed by atoms with Crippen LogP contribution in [0.25, 0.3) is 28.0 Å². The van der Waals surface area contributed by atoms with E-state index in [2.05, 4.69) is 4.98 Å². The Labute approximate surface area is 181 Å². The molecule has 1 unspecified atom stereocenters. The van der Waals surface area contributed by atoms with Gasteiger partial charge in [0, 0.05) is 33.7 Å². The number of alkyl halides is 3. The quantitative estimate of drug-likeness (QED) is 0.359. The Kier molecular flexibility index (Phi) is 5.47. The summed E-state index contributed by atoms with van der Waals surface area (Å²) in [4.78, 5) is 5.13. The first kappa shape index (κ1) is 21.3. The van der Waals surface area contributed by atoms with E-state index in [-0.39, 0.29) is 11.6 Å². The predicted molar refractivity (Wildman–Crippen MR) is 117 cm³/mol. The van der Waals surface area contributed by atoms with Crippen LogP contribution in [0.4, 0.5) is 13.2 Å². The van der Waals surface area contributed by atoms with Crippen LogP contribution in [0.1, 0.15) is 31.0 Å². The summed E-state index contributed by atoms with van der Waals surface area (Å²) in [5.74, 6) is -0.0434. The molecule has 4 aromatic rings. The van der Waals surface area contributed by atoms with Crippen molar-refractivity contribution in [1.29, 1.82) is 0 Å². The maximum Gasteiger partial charge on any atom is 0.419 e. The number of imidazole rings is 1. The van der Waals surface area contributed by atoms with E-state index in [4.69, 9.17) is 0 Å². The molecule has 0 N–H and O–H groups in total. The van der Waals surface area contributed by atoms with Gasteiger partial charge in [0.25, 0.3) is 0 Å². The van der Waals surface area contributed by atoms with Crippen LogP contribution in [0.2, 0.25) is 0 Å². The predicted octanol–water partition coefficient (Wildman–Crippen LogP) is 6.55. The zero-order chi connectivity index (χ0) is 22.3. The van der Waals surface area contributed by atoms with E-state index < -0.39 is 22.5 Å². The lowest BCUT2D eigenvalue weighted by Crippen LogP contribution is -2.07. The van der Waals surface area contributed by atoms with Gasteiger partial charge in [-0.3, -0.25) is 8.61 Å². The molecule has 0 aliphatic carbocycles. The van der Waals surface area contributed by atoms with Gasteiger partial charge in [0.1, 0.15) is 5.65 Å². The second-order valence-electron chi connectivity index (χ2n) is 7.67. The third-order valence-electron chi connectivity index (χ3n) is 5.21. The lowest BCUT2D eigenvalue weighted by atomic mass is 9.99. The minimum absolute atomic E-state index is 0.0434. The highest BCUT2D eigenvalue weighted by atomic mass is 32.2. The molecule has 2 aromatic carbocycles. The molecular weight excluding hydrogens is 421 g/mol. The third kappa shape index (κ3) is 4.02. The maximum absolute atomic E-state index is 13.5. The molecule has 31 heavy (non-hydrogen) atoms. The van der Waals surface area contributed by atoms with Crippen LogP contribution >= 0.6 is 0 Å². The zero-order valence-electron chi connectivity index (χ0n) is 17.3. The van der Waals surface area contributed by atoms with Gasteiger partial charge in [-0.1, -0.05) is 50.2 Å². The van der Waals surface area contributed by atoms with Gasteiger partial charge in [-0.2, -0.15) is 13.2 Å². The second-order valence-corrected chi connectivity index (χ2v) is 9.05. The largest absolute Gasteiger partial charge is 0.419 e. The van der Waals surface area contributed by atoms with Crippen molar-refractivity contribution in [2.45, 2.75) is 30.8 Å². The number of aromatic nitrogens is 2. The fourth-order valence-corrected chi connectivity index (χ4v) is 4.17. The molecule has 0 spiro atoms. The zero-order valence-corrected chi connectivity index (χ0v) is 18.1. The van der Waals surface area contributed by atoms with Crippen molar-refractivity contribution in [2.75, 3.05) is 6.26 Å². The van der Waals surface area contributed by atoms with Crippen LogP contribution in [0.15, 0.2) is 71.8 Å². The molecule has 0 aliphatic heterocycles. The molecule has 0 bridgehead atoms. The van der Waals surface area contributed by atoms with Crippen LogP contribution in [-0.2, 0) is 17.0 Å². The molecule has 0 amide bonds. The smallest absolute Gasteiger partial charge is 0.299 e. The first-order valence-electron chi connectivity index (χ1n) is 9.79. The first-order chi connectivity index (χ1) is 14.7. The Bertz CT molecular complexity index is 1260. The highest BCUT2D eigenvalue weighted by Gasteiger charge is 2.35.